The molecule has 1 heterocycles. The third-order valence-corrected chi connectivity index (χ3v) is 9.11. The summed E-state index contributed by atoms with van der Waals surface area (Å²) in [4.78, 5) is 65.1. The summed E-state index contributed by atoms with van der Waals surface area (Å²) in [5, 5.41) is 13.9. The molecule has 1 aliphatic heterocycles. The van der Waals surface area contributed by atoms with Gasteiger partial charge in [-0.2, -0.15) is 0 Å². The maximum atomic E-state index is 13.9. The smallest absolute Gasteiger partial charge is 0.271 e. The summed E-state index contributed by atoms with van der Waals surface area (Å²) in [7, 11) is 3.16. The standard InChI is InChI=1S/C42H45N5O7/c1-25-40(50)47-34(19-11-12-20-43)41(51)46-31(24-48)16-8-5-15-29-21-27-13-6-9-17-32(27)36(38(29)53-3)37-33-18-10-7-14-28(33)22-30(39(37)54-4)23-35(42(52)44-25)45-26(2)49/h5-10,13-14,17-19,21-22,24,31,35H,1,11-12,15-16,20,23,43H2,2-4H3,(H,44,52)(H,45,49)(H,46,51)(H,47,50)/b8-5?,34-19+. The maximum absolute atomic E-state index is 13.9. The summed E-state index contributed by atoms with van der Waals surface area (Å²) in [5.74, 6) is -1.68. The van der Waals surface area contributed by atoms with Crippen molar-refractivity contribution in [1.29, 1.82) is 0 Å². The van der Waals surface area contributed by atoms with Crippen molar-refractivity contribution in [2.24, 2.45) is 5.73 Å². The first-order valence-corrected chi connectivity index (χ1v) is 17.7. The molecule has 6 N–H and O–H groups in total. The van der Waals surface area contributed by atoms with Crippen molar-refractivity contribution in [3.8, 4) is 22.6 Å². The van der Waals surface area contributed by atoms with Crippen molar-refractivity contribution in [2.45, 2.75) is 51.1 Å². The zero-order valence-corrected chi connectivity index (χ0v) is 30.6. The van der Waals surface area contributed by atoms with Crippen LogP contribution in [-0.2, 0) is 36.8 Å². The quantitative estimate of drug-likeness (QED) is 0.0810. The molecule has 4 bridgehead atoms. The number of hydrogen-bond acceptors (Lipinski definition) is 8. The summed E-state index contributed by atoms with van der Waals surface area (Å²) < 4.78 is 12.4. The van der Waals surface area contributed by atoms with Gasteiger partial charge in [0.1, 0.15) is 29.5 Å². The van der Waals surface area contributed by atoms with E-state index in [1.165, 1.54) is 13.0 Å². The van der Waals surface area contributed by atoms with Gasteiger partial charge in [0.15, 0.2) is 0 Å². The number of methoxy groups -OCH3 is 2. The van der Waals surface area contributed by atoms with E-state index in [4.69, 9.17) is 15.2 Å². The third kappa shape index (κ3) is 8.84. The van der Waals surface area contributed by atoms with Gasteiger partial charge in [-0.05, 0) is 77.0 Å². The molecule has 0 saturated heterocycles. The fourth-order valence-electron chi connectivity index (χ4n) is 6.62. The molecular formula is C42H45N5O7. The van der Waals surface area contributed by atoms with Gasteiger partial charge in [-0.25, -0.2) is 0 Å². The van der Waals surface area contributed by atoms with Gasteiger partial charge in [0, 0.05) is 24.5 Å². The molecule has 0 spiro atoms. The fraction of sp³-hybridized carbons (Fsp3) is 0.262. The number of unbranched alkanes of at least 4 members (excludes halogenated alkanes) is 1. The Bertz CT molecular complexity index is 2170. The molecule has 0 aromatic heterocycles. The molecule has 0 fully saturated rings. The number of ether oxygens (including phenoxy) is 2. The highest BCUT2D eigenvalue weighted by molar-refractivity contribution is 6.11. The highest BCUT2D eigenvalue weighted by atomic mass is 16.5. The van der Waals surface area contributed by atoms with E-state index in [0.29, 0.717) is 49.2 Å². The number of rotatable bonds is 7. The minimum atomic E-state index is -1.17. The lowest BCUT2D eigenvalue weighted by Gasteiger charge is -2.24. The Labute approximate surface area is 313 Å². The first-order chi connectivity index (χ1) is 26.1. The number of nitrogens with one attached hydrogen (secondary N) is 4. The Morgan fingerprint density at radius 3 is 2.11 bits per heavy atom. The highest BCUT2D eigenvalue weighted by Crippen LogP contribution is 2.48. The molecule has 4 aromatic rings. The molecule has 54 heavy (non-hydrogen) atoms. The second kappa shape index (κ2) is 18.0. The van der Waals surface area contributed by atoms with Crippen molar-refractivity contribution in [2.75, 3.05) is 20.8 Å². The number of fused-ring (bicyclic) bond motifs is 9. The number of amides is 4. The van der Waals surface area contributed by atoms with E-state index in [1.54, 1.807) is 14.2 Å². The lowest BCUT2D eigenvalue weighted by molar-refractivity contribution is -0.128. The number of hydrogen-bond donors (Lipinski definition) is 5. The topological polar surface area (TPSA) is 178 Å². The van der Waals surface area contributed by atoms with Crippen molar-refractivity contribution in [3.63, 3.8) is 0 Å². The van der Waals surface area contributed by atoms with Crippen LogP contribution in [0.4, 0.5) is 0 Å². The summed E-state index contributed by atoms with van der Waals surface area (Å²) in [6, 6.07) is 17.6. The van der Waals surface area contributed by atoms with Crippen LogP contribution >= 0.6 is 0 Å². The van der Waals surface area contributed by atoms with Crippen LogP contribution in [0.15, 0.2) is 96.9 Å². The summed E-state index contributed by atoms with van der Waals surface area (Å²) >= 11 is 0. The van der Waals surface area contributed by atoms with Gasteiger partial charge >= 0.3 is 0 Å². The summed E-state index contributed by atoms with van der Waals surface area (Å²) in [5.41, 5.74) is 8.12. The number of aldehydes is 1. The first-order valence-electron chi connectivity index (χ1n) is 17.7. The lowest BCUT2D eigenvalue weighted by Crippen LogP contribution is -2.49. The van der Waals surface area contributed by atoms with Crippen molar-refractivity contribution in [3.05, 3.63) is 108 Å². The van der Waals surface area contributed by atoms with Crippen LogP contribution in [0.1, 0.15) is 37.3 Å². The first kappa shape index (κ1) is 38.9. The lowest BCUT2D eigenvalue weighted by atomic mass is 9.87. The van der Waals surface area contributed by atoms with E-state index in [2.05, 4.69) is 33.9 Å². The van der Waals surface area contributed by atoms with Gasteiger partial charge < -0.3 is 41.3 Å². The number of carbonyl (C=O) groups is 5. The van der Waals surface area contributed by atoms with Crippen LogP contribution in [0, 0.1) is 0 Å². The molecule has 1 aliphatic rings. The molecular weight excluding hydrogens is 686 g/mol. The average molecular weight is 732 g/mol. The second-order valence-corrected chi connectivity index (χ2v) is 12.9. The maximum Gasteiger partial charge on any atom is 0.271 e. The molecule has 2 unspecified atom stereocenters. The SMILES string of the molecule is C=C1NC(=O)C(NC(C)=O)Cc2cc3ccccc3c(c2OC)-c2c(OC)c(cc3ccccc23)CC=CCC(C=O)NC(=O)/C(=C\CCCN)NC1=O. The molecule has 2 atom stereocenters. The fourth-order valence-corrected chi connectivity index (χ4v) is 6.62. The van der Waals surface area contributed by atoms with Gasteiger partial charge in [0.05, 0.1) is 26.0 Å². The van der Waals surface area contributed by atoms with Gasteiger partial charge in [-0.1, -0.05) is 73.3 Å². The second-order valence-electron chi connectivity index (χ2n) is 12.9. The minimum absolute atomic E-state index is 0.0241. The average Bonchev–Trinajstić information content (AvgIpc) is 3.16. The predicted octanol–water partition coefficient (Wildman–Crippen LogP) is 4.28. The highest BCUT2D eigenvalue weighted by Gasteiger charge is 2.28. The van der Waals surface area contributed by atoms with E-state index in [9.17, 15) is 24.0 Å². The number of carbonyl (C=O) groups excluding carboxylic acids is 5. The van der Waals surface area contributed by atoms with Crippen LogP contribution in [0.5, 0.6) is 11.5 Å². The monoisotopic (exact) mass is 731 g/mol. The largest absolute Gasteiger partial charge is 0.496 e. The van der Waals surface area contributed by atoms with Crippen molar-refractivity contribution in [1.82, 2.24) is 21.3 Å². The van der Waals surface area contributed by atoms with E-state index in [-0.39, 0.29) is 24.2 Å². The molecule has 12 heteroatoms. The van der Waals surface area contributed by atoms with Crippen LogP contribution in [-0.4, -0.2) is 62.8 Å². The zero-order chi connectivity index (χ0) is 38.8. The van der Waals surface area contributed by atoms with Gasteiger partial charge in [0.25, 0.3) is 11.8 Å². The number of nitrogens with two attached hydrogens (primary N) is 1. The molecule has 0 aliphatic carbocycles. The number of benzene rings is 4. The third-order valence-electron chi connectivity index (χ3n) is 9.11. The number of allylic oxidation sites excluding steroid dienone is 2. The zero-order valence-electron chi connectivity index (χ0n) is 30.6. The van der Waals surface area contributed by atoms with Crippen LogP contribution in [0.25, 0.3) is 32.7 Å². The normalized spacial score (nSPS) is 18.0. The van der Waals surface area contributed by atoms with Gasteiger partial charge in [0.2, 0.25) is 11.8 Å². The van der Waals surface area contributed by atoms with Crippen LogP contribution < -0.4 is 36.5 Å². The molecule has 5 rings (SSSR count). The Balaban J connectivity index is 1.74. The molecule has 0 radical (unpaired) electrons. The van der Waals surface area contributed by atoms with E-state index in [0.717, 1.165) is 38.2 Å². The Kier molecular flexibility index (Phi) is 13.0. The summed E-state index contributed by atoms with van der Waals surface area (Å²) in [6.07, 6.45) is 7.30. The minimum Gasteiger partial charge on any atom is -0.496 e. The van der Waals surface area contributed by atoms with Crippen LogP contribution in [0.2, 0.25) is 0 Å². The van der Waals surface area contributed by atoms with E-state index >= 15 is 0 Å². The Morgan fingerprint density at radius 2 is 1.52 bits per heavy atom. The summed E-state index contributed by atoms with van der Waals surface area (Å²) in [6.45, 7) is 5.37. The van der Waals surface area contributed by atoms with Gasteiger partial charge in [-0.3, -0.25) is 19.2 Å². The molecule has 12 nitrogen and oxygen atoms in total. The molecule has 4 amide bonds. The van der Waals surface area contributed by atoms with Crippen LogP contribution in [0.3, 0.4) is 0 Å². The van der Waals surface area contributed by atoms with Gasteiger partial charge in [-0.15, -0.1) is 0 Å². The van der Waals surface area contributed by atoms with E-state index < -0.39 is 35.7 Å². The Hall–Kier alpha value is -6.27. The Morgan fingerprint density at radius 1 is 0.907 bits per heavy atom. The molecule has 280 valence electrons. The van der Waals surface area contributed by atoms with Crippen molar-refractivity contribution >= 4 is 51.5 Å². The van der Waals surface area contributed by atoms with Crippen molar-refractivity contribution < 1.29 is 33.4 Å². The molecule has 0 saturated carbocycles. The van der Waals surface area contributed by atoms with E-state index in [1.807, 2.05) is 66.7 Å². The predicted molar refractivity (Wildman–Crippen MR) is 209 cm³/mol. The molecule has 4 aromatic carbocycles.